The Hall–Kier alpha value is -2.46. The molecule has 1 heterocycles. The Morgan fingerprint density at radius 2 is 1.83 bits per heavy atom. The van der Waals surface area contributed by atoms with Gasteiger partial charge in [-0.15, -0.1) is 0 Å². The Morgan fingerprint density at radius 3 is 2.52 bits per heavy atom. The fourth-order valence-corrected chi connectivity index (χ4v) is 2.64. The van der Waals surface area contributed by atoms with Gasteiger partial charge in [0, 0.05) is 37.4 Å². The van der Waals surface area contributed by atoms with E-state index in [0.29, 0.717) is 11.1 Å². The molecule has 1 aliphatic heterocycles. The lowest BCUT2D eigenvalue weighted by Gasteiger charge is -2.29. The van der Waals surface area contributed by atoms with Gasteiger partial charge in [-0.3, -0.25) is 4.79 Å². The van der Waals surface area contributed by atoms with Crippen LogP contribution in [0.25, 0.3) is 6.08 Å². The summed E-state index contributed by atoms with van der Waals surface area (Å²) in [6.07, 6.45) is 3.12. The van der Waals surface area contributed by atoms with Crippen LogP contribution in [0, 0.1) is 5.82 Å². The van der Waals surface area contributed by atoms with E-state index in [1.165, 1.54) is 18.2 Å². The molecule has 0 radical (unpaired) electrons. The highest BCUT2D eigenvalue weighted by Gasteiger charge is 2.10. The molecule has 0 aromatic heterocycles. The van der Waals surface area contributed by atoms with Crippen molar-refractivity contribution in [2.24, 2.45) is 0 Å². The summed E-state index contributed by atoms with van der Waals surface area (Å²) in [6, 6.07) is 13.8. The van der Waals surface area contributed by atoms with E-state index in [0.717, 1.165) is 31.9 Å². The fourth-order valence-electron chi connectivity index (χ4n) is 2.64. The molecular formula is C19H19FN2O. The second kappa shape index (κ2) is 7.20. The minimum Gasteiger partial charge on any atom is -0.369 e. The quantitative estimate of drug-likeness (QED) is 0.695. The van der Waals surface area contributed by atoms with Gasteiger partial charge in [0.05, 0.1) is 0 Å². The number of benzene rings is 2. The minimum atomic E-state index is -0.306. The molecule has 0 spiro atoms. The van der Waals surface area contributed by atoms with Gasteiger partial charge in [0.2, 0.25) is 0 Å². The molecule has 3 rings (SSSR count). The molecule has 0 saturated carbocycles. The summed E-state index contributed by atoms with van der Waals surface area (Å²) in [5.74, 6) is -0.388. The average Bonchev–Trinajstić information content (AvgIpc) is 2.61. The number of halogens is 1. The van der Waals surface area contributed by atoms with Crippen LogP contribution >= 0.6 is 0 Å². The first-order valence-corrected chi connectivity index (χ1v) is 7.76. The van der Waals surface area contributed by atoms with Crippen LogP contribution in [0.15, 0.2) is 54.6 Å². The average molecular weight is 310 g/mol. The Kier molecular flexibility index (Phi) is 4.83. The van der Waals surface area contributed by atoms with Crippen molar-refractivity contribution in [3.05, 3.63) is 71.6 Å². The highest BCUT2D eigenvalue weighted by molar-refractivity contribution is 6.06. The fraction of sp³-hybridized carbons (Fsp3) is 0.211. The number of nitrogens with zero attached hydrogens (tertiary/aromatic N) is 1. The molecule has 1 saturated heterocycles. The van der Waals surface area contributed by atoms with Crippen molar-refractivity contribution in [3.63, 3.8) is 0 Å². The lowest BCUT2D eigenvalue weighted by atomic mass is 10.1. The van der Waals surface area contributed by atoms with Crippen molar-refractivity contribution in [1.82, 2.24) is 5.32 Å². The lowest BCUT2D eigenvalue weighted by molar-refractivity contribution is 0.104. The largest absolute Gasteiger partial charge is 0.369 e. The Labute approximate surface area is 135 Å². The molecule has 0 atom stereocenters. The van der Waals surface area contributed by atoms with Crippen molar-refractivity contribution in [2.75, 3.05) is 31.1 Å². The van der Waals surface area contributed by atoms with E-state index < -0.39 is 0 Å². The molecule has 2 aromatic carbocycles. The second-order valence-corrected chi connectivity index (χ2v) is 5.54. The third-order valence-electron chi connectivity index (χ3n) is 3.91. The summed E-state index contributed by atoms with van der Waals surface area (Å²) < 4.78 is 13.1. The normalized spacial score (nSPS) is 15.1. The molecule has 0 amide bonds. The van der Waals surface area contributed by atoms with Gasteiger partial charge in [-0.1, -0.05) is 18.2 Å². The van der Waals surface area contributed by atoms with Crippen LogP contribution in [-0.4, -0.2) is 32.0 Å². The van der Waals surface area contributed by atoms with E-state index in [2.05, 4.69) is 10.2 Å². The van der Waals surface area contributed by atoms with Crippen LogP contribution < -0.4 is 10.2 Å². The molecule has 23 heavy (non-hydrogen) atoms. The molecule has 2 aromatic rings. The van der Waals surface area contributed by atoms with Gasteiger partial charge in [0.1, 0.15) is 5.82 Å². The third-order valence-corrected chi connectivity index (χ3v) is 3.91. The van der Waals surface area contributed by atoms with E-state index in [-0.39, 0.29) is 11.6 Å². The lowest BCUT2D eigenvalue weighted by Crippen LogP contribution is -2.43. The van der Waals surface area contributed by atoms with Gasteiger partial charge >= 0.3 is 0 Å². The van der Waals surface area contributed by atoms with Gasteiger partial charge in [-0.05, 0) is 48.0 Å². The maximum Gasteiger partial charge on any atom is 0.185 e. The highest BCUT2D eigenvalue weighted by Crippen LogP contribution is 2.16. The molecule has 0 bridgehead atoms. The number of carbonyl (C=O) groups is 1. The predicted octanol–water partition coefficient (Wildman–Crippen LogP) is 3.13. The monoisotopic (exact) mass is 310 g/mol. The zero-order valence-corrected chi connectivity index (χ0v) is 12.8. The highest BCUT2D eigenvalue weighted by atomic mass is 19.1. The van der Waals surface area contributed by atoms with Crippen molar-refractivity contribution in [1.29, 1.82) is 0 Å². The standard InChI is InChI=1S/C19H19FN2O/c20-17-3-1-2-15(14-17)4-9-19(23)16-5-7-18(8-6-16)22-12-10-21-11-13-22/h1-9,14,21H,10-13H2/b9-4+. The predicted molar refractivity (Wildman–Crippen MR) is 91.3 cm³/mol. The topological polar surface area (TPSA) is 32.3 Å². The number of rotatable bonds is 4. The maximum absolute atomic E-state index is 13.1. The number of ketones is 1. The van der Waals surface area contributed by atoms with E-state index in [1.807, 2.05) is 24.3 Å². The van der Waals surface area contributed by atoms with Gasteiger partial charge in [-0.25, -0.2) is 4.39 Å². The summed E-state index contributed by atoms with van der Waals surface area (Å²) >= 11 is 0. The first kappa shape index (κ1) is 15.4. The number of piperazine rings is 1. The SMILES string of the molecule is O=C(/C=C/c1cccc(F)c1)c1ccc(N2CCNCC2)cc1. The molecule has 118 valence electrons. The van der Waals surface area contributed by atoms with Crippen molar-refractivity contribution in [2.45, 2.75) is 0 Å². The molecule has 4 heteroatoms. The number of hydrogen-bond acceptors (Lipinski definition) is 3. The van der Waals surface area contributed by atoms with Gasteiger partial charge < -0.3 is 10.2 Å². The van der Waals surface area contributed by atoms with Crippen LogP contribution in [0.4, 0.5) is 10.1 Å². The zero-order chi connectivity index (χ0) is 16.1. The second-order valence-electron chi connectivity index (χ2n) is 5.54. The Balaban J connectivity index is 1.67. The van der Waals surface area contributed by atoms with E-state index in [1.54, 1.807) is 18.2 Å². The molecular weight excluding hydrogens is 291 g/mol. The minimum absolute atomic E-state index is 0.0823. The Morgan fingerprint density at radius 1 is 1.09 bits per heavy atom. The van der Waals surface area contributed by atoms with E-state index in [4.69, 9.17) is 0 Å². The Bertz CT molecular complexity index is 704. The summed E-state index contributed by atoms with van der Waals surface area (Å²) in [6.45, 7) is 3.92. The van der Waals surface area contributed by atoms with Crippen molar-refractivity contribution >= 4 is 17.5 Å². The van der Waals surface area contributed by atoms with Crippen LogP contribution in [-0.2, 0) is 0 Å². The van der Waals surface area contributed by atoms with Crippen molar-refractivity contribution < 1.29 is 9.18 Å². The summed E-state index contributed by atoms with van der Waals surface area (Å²) in [7, 11) is 0. The summed E-state index contributed by atoms with van der Waals surface area (Å²) in [5.41, 5.74) is 2.45. The number of anilines is 1. The molecule has 1 fully saturated rings. The van der Waals surface area contributed by atoms with E-state index in [9.17, 15) is 9.18 Å². The molecule has 0 aliphatic carbocycles. The van der Waals surface area contributed by atoms with Crippen LogP contribution in [0.1, 0.15) is 15.9 Å². The van der Waals surface area contributed by atoms with Crippen LogP contribution in [0.5, 0.6) is 0 Å². The van der Waals surface area contributed by atoms with Crippen LogP contribution in [0.2, 0.25) is 0 Å². The number of carbonyl (C=O) groups excluding carboxylic acids is 1. The number of hydrogen-bond donors (Lipinski definition) is 1. The first-order valence-electron chi connectivity index (χ1n) is 7.76. The number of allylic oxidation sites excluding steroid dienone is 1. The number of nitrogens with one attached hydrogen (secondary N) is 1. The van der Waals surface area contributed by atoms with Gasteiger partial charge in [0.25, 0.3) is 0 Å². The molecule has 3 nitrogen and oxygen atoms in total. The molecule has 1 aliphatic rings. The van der Waals surface area contributed by atoms with Crippen LogP contribution in [0.3, 0.4) is 0 Å². The third kappa shape index (κ3) is 4.05. The maximum atomic E-state index is 13.1. The zero-order valence-electron chi connectivity index (χ0n) is 12.8. The summed E-state index contributed by atoms with van der Waals surface area (Å²) in [4.78, 5) is 14.5. The smallest absolute Gasteiger partial charge is 0.185 e. The van der Waals surface area contributed by atoms with Gasteiger partial charge in [-0.2, -0.15) is 0 Å². The van der Waals surface area contributed by atoms with E-state index >= 15 is 0 Å². The molecule has 0 unspecified atom stereocenters. The molecule has 1 N–H and O–H groups in total. The first-order chi connectivity index (χ1) is 11.2. The van der Waals surface area contributed by atoms with Gasteiger partial charge in [0.15, 0.2) is 5.78 Å². The van der Waals surface area contributed by atoms with Crippen molar-refractivity contribution in [3.8, 4) is 0 Å². The summed E-state index contributed by atoms with van der Waals surface area (Å²) in [5, 5.41) is 3.32.